The summed E-state index contributed by atoms with van der Waals surface area (Å²) in [6, 6.07) is 5.07. The topological polar surface area (TPSA) is 81.3 Å². The first-order chi connectivity index (χ1) is 9.70. The Labute approximate surface area is 116 Å². The van der Waals surface area contributed by atoms with E-state index in [4.69, 9.17) is 10.5 Å². The van der Waals surface area contributed by atoms with Crippen molar-refractivity contribution < 1.29 is 9.53 Å². The van der Waals surface area contributed by atoms with Gasteiger partial charge >= 0.3 is 0 Å². The minimum Gasteiger partial charge on any atom is -0.481 e. The number of hydrogen-bond donors (Lipinski definition) is 1. The number of nitrogens with zero attached hydrogens (tertiary/aromatic N) is 3. The summed E-state index contributed by atoms with van der Waals surface area (Å²) in [5.41, 5.74) is 7.78. The lowest BCUT2D eigenvalue weighted by Crippen LogP contribution is -2.40. The number of carbonyl (C=O) groups excluding carboxylic acids is 1. The molecule has 0 bridgehead atoms. The van der Waals surface area contributed by atoms with Crippen LogP contribution < -0.4 is 15.4 Å². The molecule has 0 aromatic carbocycles. The van der Waals surface area contributed by atoms with E-state index in [2.05, 4.69) is 9.97 Å². The highest BCUT2D eigenvalue weighted by atomic mass is 16.5. The van der Waals surface area contributed by atoms with Crippen molar-refractivity contribution in [3.05, 3.63) is 30.8 Å². The molecular weight excluding hydrogens is 256 g/mol. The summed E-state index contributed by atoms with van der Waals surface area (Å²) in [7, 11) is 1.57. The van der Waals surface area contributed by atoms with Crippen molar-refractivity contribution in [2.24, 2.45) is 5.73 Å². The number of methoxy groups -OCH3 is 1. The molecule has 2 aromatic heterocycles. The molecule has 6 nitrogen and oxygen atoms in total. The van der Waals surface area contributed by atoms with Gasteiger partial charge in [0.2, 0.25) is 11.8 Å². The SMILES string of the molecule is COc1ccc2nccc(N3CC[CH][C@H]3C(N)=O)c2n1. The fourth-order valence-electron chi connectivity index (χ4n) is 2.52. The van der Waals surface area contributed by atoms with Gasteiger partial charge in [-0.05, 0) is 25.0 Å². The molecular formula is C14H15N4O2. The van der Waals surface area contributed by atoms with Gasteiger partial charge in [0.15, 0.2) is 0 Å². The van der Waals surface area contributed by atoms with Crippen LogP contribution in [0.25, 0.3) is 11.0 Å². The number of amides is 1. The molecule has 0 unspecified atom stereocenters. The zero-order valence-electron chi connectivity index (χ0n) is 11.1. The van der Waals surface area contributed by atoms with E-state index in [9.17, 15) is 4.79 Å². The van der Waals surface area contributed by atoms with Gasteiger partial charge in [0.25, 0.3) is 0 Å². The van der Waals surface area contributed by atoms with Gasteiger partial charge in [-0.25, -0.2) is 4.98 Å². The largest absolute Gasteiger partial charge is 0.481 e. The van der Waals surface area contributed by atoms with Crippen LogP contribution in [0.1, 0.15) is 6.42 Å². The molecule has 3 rings (SSSR count). The van der Waals surface area contributed by atoms with E-state index in [1.165, 1.54) is 0 Å². The first-order valence-corrected chi connectivity index (χ1v) is 6.40. The second-order valence-corrected chi connectivity index (χ2v) is 4.62. The van der Waals surface area contributed by atoms with Crippen molar-refractivity contribution in [1.82, 2.24) is 9.97 Å². The van der Waals surface area contributed by atoms with Gasteiger partial charge in [-0.2, -0.15) is 0 Å². The molecule has 2 N–H and O–H groups in total. The van der Waals surface area contributed by atoms with E-state index < -0.39 is 6.04 Å². The molecule has 1 amide bonds. The fraction of sp³-hybridized carbons (Fsp3) is 0.286. The van der Waals surface area contributed by atoms with E-state index >= 15 is 0 Å². The van der Waals surface area contributed by atoms with Gasteiger partial charge in [-0.3, -0.25) is 9.78 Å². The molecule has 1 saturated heterocycles. The van der Waals surface area contributed by atoms with Gasteiger partial charge in [0.1, 0.15) is 11.6 Å². The maximum atomic E-state index is 11.5. The summed E-state index contributed by atoms with van der Waals surface area (Å²) in [6.07, 6.45) is 4.46. The van der Waals surface area contributed by atoms with Crippen LogP contribution in [-0.4, -0.2) is 35.6 Å². The zero-order valence-corrected chi connectivity index (χ0v) is 11.1. The lowest BCUT2D eigenvalue weighted by Gasteiger charge is -2.25. The third kappa shape index (κ3) is 2.03. The molecule has 1 radical (unpaired) electrons. The van der Waals surface area contributed by atoms with Crippen molar-refractivity contribution >= 4 is 22.6 Å². The minimum absolute atomic E-state index is 0.352. The first-order valence-electron chi connectivity index (χ1n) is 6.40. The third-order valence-electron chi connectivity index (χ3n) is 3.44. The van der Waals surface area contributed by atoms with Crippen molar-refractivity contribution in [1.29, 1.82) is 0 Å². The van der Waals surface area contributed by atoms with Crippen molar-refractivity contribution in [3.63, 3.8) is 0 Å². The molecule has 1 aliphatic rings. The molecule has 1 atom stereocenters. The van der Waals surface area contributed by atoms with Crippen LogP contribution in [0.2, 0.25) is 0 Å². The van der Waals surface area contributed by atoms with Gasteiger partial charge in [0, 0.05) is 18.8 Å². The number of fused-ring (bicyclic) bond motifs is 1. The second-order valence-electron chi connectivity index (χ2n) is 4.62. The van der Waals surface area contributed by atoms with Gasteiger partial charge in [-0.15, -0.1) is 0 Å². The molecule has 0 spiro atoms. The van der Waals surface area contributed by atoms with Crippen molar-refractivity contribution in [3.8, 4) is 5.88 Å². The van der Waals surface area contributed by atoms with Crippen LogP contribution in [0.15, 0.2) is 24.4 Å². The number of aromatic nitrogens is 2. The van der Waals surface area contributed by atoms with E-state index in [0.29, 0.717) is 11.4 Å². The predicted octanol–water partition coefficient (Wildman–Crippen LogP) is 0.907. The monoisotopic (exact) mass is 271 g/mol. The Kier molecular flexibility index (Phi) is 3.14. The van der Waals surface area contributed by atoms with Crippen LogP contribution in [0.3, 0.4) is 0 Å². The normalized spacial score (nSPS) is 18.4. The van der Waals surface area contributed by atoms with Crippen LogP contribution in [0.4, 0.5) is 5.69 Å². The van der Waals surface area contributed by atoms with Gasteiger partial charge in [0.05, 0.1) is 18.3 Å². The smallest absolute Gasteiger partial charge is 0.240 e. The van der Waals surface area contributed by atoms with E-state index in [1.807, 2.05) is 23.5 Å². The molecule has 2 aromatic rings. The predicted molar refractivity (Wildman–Crippen MR) is 75.3 cm³/mol. The molecule has 0 saturated carbocycles. The summed E-state index contributed by atoms with van der Waals surface area (Å²) < 4.78 is 5.16. The van der Waals surface area contributed by atoms with Crippen molar-refractivity contribution in [2.75, 3.05) is 18.6 Å². The van der Waals surface area contributed by atoms with Crippen LogP contribution in [-0.2, 0) is 4.79 Å². The summed E-state index contributed by atoms with van der Waals surface area (Å²) >= 11 is 0. The van der Waals surface area contributed by atoms with E-state index in [0.717, 1.165) is 24.2 Å². The average Bonchev–Trinajstić information content (AvgIpc) is 2.95. The number of anilines is 1. The highest BCUT2D eigenvalue weighted by molar-refractivity contribution is 5.93. The van der Waals surface area contributed by atoms with Gasteiger partial charge < -0.3 is 15.4 Å². The van der Waals surface area contributed by atoms with Crippen molar-refractivity contribution in [2.45, 2.75) is 12.5 Å². The number of nitrogens with two attached hydrogens (primary N) is 1. The van der Waals surface area contributed by atoms with E-state index in [1.54, 1.807) is 19.4 Å². The van der Waals surface area contributed by atoms with Crippen LogP contribution in [0.5, 0.6) is 5.88 Å². The summed E-state index contributed by atoms with van der Waals surface area (Å²) in [4.78, 5) is 22.2. The number of primary amides is 1. The second kappa shape index (κ2) is 4.96. The maximum absolute atomic E-state index is 11.5. The fourth-order valence-corrected chi connectivity index (χ4v) is 2.52. The molecule has 3 heterocycles. The number of carbonyl (C=O) groups is 1. The summed E-state index contributed by atoms with van der Waals surface area (Å²) in [6.45, 7) is 0.742. The number of rotatable bonds is 3. The molecule has 0 aliphatic carbocycles. The highest BCUT2D eigenvalue weighted by Gasteiger charge is 2.30. The molecule has 1 fully saturated rings. The molecule has 1 aliphatic heterocycles. The van der Waals surface area contributed by atoms with Crippen LogP contribution >= 0.6 is 0 Å². The molecule has 6 heteroatoms. The van der Waals surface area contributed by atoms with Crippen LogP contribution in [0, 0.1) is 6.42 Å². The quantitative estimate of drug-likeness (QED) is 0.897. The number of pyridine rings is 2. The van der Waals surface area contributed by atoms with Gasteiger partial charge in [-0.1, -0.05) is 0 Å². The Hall–Kier alpha value is -2.37. The zero-order chi connectivity index (χ0) is 14.1. The molecule has 103 valence electrons. The minimum atomic E-state index is -0.395. The Morgan fingerprint density at radius 2 is 2.30 bits per heavy atom. The Balaban J connectivity index is 2.13. The summed E-state index contributed by atoms with van der Waals surface area (Å²) in [5, 5.41) is 0. The summed E-state index contributed by atoms with van der Waals surface area (Å²) in [5.74, 6) is 0.168. The first kappa shape index (κ1) is 12.7. The third-order valence-corrected chi connectivity index (χ3v) is 3.44. The number of hydrogen-bond acceptors (Lipinski definition) is 5. The van der Waals surface area contributed by atoms with E-state index in [-0.39, 0.29) is 5.91 Å². The lowest BCUT2D eigenvalue weighted by molar-refractivity contribution is -0.118. The average molecular weight is 271 g/mol. The Bertz CT molecular complexity index is 659. The standard InChI is InChI=1S/C14H15N4O2/c1-20-12-5-4-9-13(17-12)10(6-7-16-9)18-8-2-3-11(18)14(15)19/h3-7,11H,2,8H2,1H3,(H2,15,19)/t11-/m0/s1. The maximum Gasteiger partial charge on any atom is 0.240 e. The molecule has 20 heavy (non-hydrogen) atoms. The Morgan fingerprint density at radius 3 is 3.05 bits per heavy atom. The Morgan fingerprint density at radius 1 is 1.45 bits per heavy atom. The highest BCUT2D eigenvalue weighted by Crippen LogP contribution is 2.30. The number of ether oxygens (including phenoxy) is 1. The lowest BCUT2D eigenvalue weighted by atomic mass is 10.2.